The van der Waals surface area contributed by atoms with Gasteiger partial charge in [-0.15, -0.1) is 0 Å². The Balaban J connectivity index is 1.87. The van der Waals surface area contributed by atoms with Gasteiger partial charge in [-0.3, -0.25) is 4.79 Å². The lowest BCUT2D eigenvalue weighted by atomic mass is 10.1. The zero-order valence-corrected chi connectivity index (χ0v) is 12.5. The maximum absolute atomic E-state index is 11.9. The van der Waals surface area contributed by atoms with E-state index < -0.39 is 0 Å². The Morgan fingerprint density at radius 2 is 2.10 bits per heavy atom. The van der Waals surface area contributed by atoms with Crippen LogP contribution in [-0.4, -0.2) is 28.8 Å². The summed E-state index contributed by atoms with van der Waals surface area (Å²) in [6.45, 7) is 6.03. The van der Waals surface area contributed by atoms with Crippen molar-refractivity contribution >= 4 is 5.91 Å². The van der Waals surface area contributed by atoms with Gasteiger partial charge in [-0.05, 0) is 18.7 Å². The van der Waals surface area contributed by atoms with E-state index in [-0.39, 0.29) is 11.8 Å². The topological polar surface area (TPSA) is 59.0 Å². The highest BCUT2D eigenvalue weighted by Gasteiger charge is 2.11. The number of amides is 1. The van der Waals surface area contributed by atoms with Crippen LogP contribution in [0.25, 0.3) is 5.69 Å². The number of carbonyl (C=O) groups is 1. The summed E-state index contributed by atoms with van der Waals surface area (Å²) in [4.78, 5) is 11.9. The van der Waals surface area contributed by atoms with Crippen molar-refractivity contribution in [1.82, 2.24) is 20.4 Å². The molecule has 1 aromatic carbocycles. The molecule has 2 N–H and O–H groups in total. The van der Waals surface area contributed by atoms with Gasteiger partial charge in [0.2, 0.25) is 5.91 Å². The standard InChI is InChI=1S/C16H22N4O/c1-3-17-9-13(2)16(21)18-10-14-11-19-20(12-14)15-7-5-4-6-8-15/h4-8,11-13,17H,3,9-10H2,1-2H3,(H,18,21). The van der Waals surface area contributed by atoms with Crippen molar-refractivity contribution in [1.29, 1.82) is 0 Å². The number of benzene rings is 1. The number of nitrogens with zero attached hydrogens (tertiary/aromatic N) is 2. The average Bonchev–Trinajstić information content (AvgIpc) is 3.00. The van der Waals surface area contributed by atoms with Crippen molar-refractivity contribution in [3.05, 3.63) is 48.3 Å². The first-order chi connectivity index (χ1) is 10.2. The van der Waals surface area contributed by atoms with Crippen LogP contribution in [0.4, 0.5) is 0 Å². The molecule has 0 aliphatic heterocycles. The fourth-order valence-electron chi connectivity index (χ4n) is 1.99. The first kappa shape index (κ1) is 15.3. The summed E-state index contributed by atoms with van der Waals surface area (Å²) in [7, 11) is 0. The van der Waals surface area contributed by atoms with E-state index in [1.54, 1.807) is 6.20 Å². The lowest BCUT2D eigenvalue weighted by molar-refractivity contribution is -0.124. The monoisotopic (exact) mass is 286 g/mol. The van der Waals surface area contributed by atoms with Gasteiger partial charge in [-0.2, -0.15) is 5.10 Å². The van der Waals surface area contributed by atoms with Gasteiger partial charge in [-0.25, -0.2) is 4.68 Å². The molecule has 2 aromatic rings. The summed E-state index contributed by atoms with van der Waals surface area (Å²) >= 11 is 0. The third kappa shape index (κ3) is 4.43. The third-order valence-corrected chi connectivity index (χ3v) is 3.27. The Bertz CT molecular complexity index is 565. The molecule has 0 fully saturated rings. The fraction of sp³-hybridized carbons (Fsp3) is 0.375. The lowest BCUT2D eigenvalue weighted by Crippen LogP contribution is -2.34. The second-order valence-corrected chi connectivity index (χ2v) is 5.06. The molecule has 0 bridgehead atoms. The van der Waals surface area contributed by atoms with Crippen molar-refractivity contribution in [3.63, 3.8) is 0 Å². The van der Waals surface area contributed by atoms with Gasteiger partial charge < -0.3 is 10.6 Å². The van der Waals surface area contributed by atoms with Gasteiger partial charge in [0.15, 0.2) is 0 Å². The van der Waals surface area contributed by atoms with Crippen LogP contribution in [0, 0.1) is 5.92 Å². The van der Waals surface area contributed by atoms with Crippen LogP contribution < -0.4 is 10.6 Å². The third-order valence-electron chi connectivity index (χ3n) is 3.27. The van der Waals surface area contributed by atoms with Gasteiger partial charge in [0.05, 0.1) is 11.9 Å². The molecular formula is C16H22N4O. The minimum atomic E-state index is -0.0332. The largest absolute Gasteiger partial charge is 0.352 e. The highest BCUT2D eigenvalue weighted by atomic mass is 16.1. The second kappa shape index (κ2) is 7.59. The van der Waals surface area contributed by atoms with Crippen LogP contribution in [0.2, 0.25) is 0 Å². The number of hydrogen-bond donors (Lipinski definition) is 2. The van der Waals surface area contributed by atoms with E-state index in [1.165, 1.54) is 0 Å². The first-order valence-electron chi connectivity index (χ1n) is 7.28. The molecule has 0 saturated carbocycles. The summed E-state index contributed by atoms with van der Waals surface area (Å²) in [5.41, 5.74) is 2.00. The number of carbonyl (C=O) groups excluding carboxylic acids is 1. The van der Waals surface area contributed by atoms with Gasteiger partial charge >= 0.3 is 0 Å². The molecule has 1 amide bonds. The van der Waals surface area contributed by atoms with Gasteiger partial charge in [0.1, 0.15) is 0 Å². The fourth-order valence-corrected chi connectivity index (χ4v) is 1.99. The molecule has 2 rings (SSSR count). The van der Waals surface area contributed by atoms with Gasteiger partial charge in [0.25, 0.3) is 0 Å². The Morgan fingerprint density at radius 3 is 2.81 bits per heavy atom. The molecule has 1 aromatic heterocycles. The molecule has 112 valence electrons. The highest BCUT2D eigenvalue weighted by molar-refractivity contribution is 5.78. The Labute approximate surface area is 125 Å². The molecule has 0 aliphatic carbocycles. The zero-order valence-electron chi connectivity index (χ0n) is 12.5. The van der Waals surface area contributed by atoms with Gasteiger partial charge in [0, 0.05) is 30.8 Å². The van der Waals surface area contributed by atoms with E-state index >= 15 is 0 Å². The number of rotatable bonds is 7. The first-order valence-corrected chi connectivity index (χ1v) is 7.28. The molecule has 21 heavy (non-hydrogen) atoms. The summed E-state index contributed by atoms with van der Waals surface area (Å²) < 4.78 is 1.81. The highest BCUT2D eigenvalue weighted by Crippen LogP contribution is 2.07. The van der Waals surface area contributed by atoms with Crippen molar-refractivity contribution in [3.8, 4) is 5.69 Å². The van der Waals surface area contributed by atoms with Crippen LogP contribution in [0.3, 0.4) is 0 Å². The maximum atomic E-state index is 11.9. The van der Waals surface area contributed by atoms with Crippen molar-refractivity contribution in [2.45, 2.75) is 20.4 Å². The van der Waals surface area contributed by atoms with E-state index in [2.05, 4.69) is 15.7 Å². The Morgan fingerprint density at radius 1 is 1.33 bits per heavy atom. The average molecular weight is 286 g/mol. The zero-order chi connectivity index (χ0) is 15.1. The number of hydrogen-bond acceptors (Lipinski definition) is 3. The van der Waals surface area contributed by atoms with E-state index in [4.69, 9.17) is 0 Å². The smallest absolute Gasteiger partial charge is 0.224 e. The minimum Gasteiger partial charge on any atom is -0.352 e. The number of para-hydroxylation sites is 1. The maximum Gasteiger partial charge on any atom is 0.224 e. The number of nitrogens with one attached hydrogen (secondary N) is 2. The summed E-state index contributed by atoms with van der Waals surface area (Å²) in [5.74, 6) is 0.0255. The Kier molecular flexibility index (Phi) is 5.51. The molecule has 1 atom stereocenters. The van der Waals surface area contributed by atoms with Crippen molar-refractivity contribution < 1.29 is 4.79 Å². The van der Waals surface area contributed by atoms with E-state index in [0.29, 0.717) is 13.1 Å². The molecule has 5 nitrogen and oxygen atoms in total. The predicted molar refractivity (Wildman–Crippen MR) is 83.1 cm³/mol. The lowest BCUT2D eigenvalue weighted by Gasteiger charge is -2.11. The minimum absolute atomic E-state index is 0.0332. The number of aromatic nitrogens is 2. The van der Waals surface area contributed by atoms with Crippen molar-refractivity contribution in [2.75, 3.05) is 13.1 Å². The predicted octanol–water partition coefficient (Wildman–Crippen LogP) is 1.73. The van der Waals surface area contributed by atoms with E-state index in [9.17, 15) is 4.79 Å². The summed E-state index contributed by atoms with van der Waals surface area (Å²) in [6.07, 6.45) is 3.72. The van der Waals surface area contributed by atoms with E-state index in [0.717, 1.165) is 17.8 Å². The van der Waals surface area contributed by atoms with Crippen LogP contribution >= 0.6 is 0 Å². The molecular weight excluding hydrogens is 264 g/mol. The Hall–Kier alpha value is -2.14. The molecule has 1 unspecified atom stereocenters. The quantitative estimate of drug-likeness (QED) is 0.815. The molecule has 0 aliphatic rings. The summed E-state index contributed by atoms with van der Waals surface area (Å²) in [5, 5.41) is 10.4. The van der Waals surface area contributed by atoms with E-state index in [1.807, 2.05) is 55.1 Å². The second-order valence-electron chi connectivity index (χ2n) is 5.06. The molecule has 0 spiro atoms. The molecule has 1 heterocycles. The van der Waals surface area contributed by atoms with Crippen molar-refractivity contribution in [2.24, 2.45) is 5.92 Å². The molecule has 5 heteroatoms. The van der Waals surface area contributed by atoms with Gasteiger partial charge in [-0.1, -0.05) is 32.0 Å². The molecule has 0 radical (unpaired) electrons. The SMILES string of the molecule is CCNCC(C)C(=O)NCc1cnn(-c2ccccc2)c1. The normalized spacial score (nSPS) is 12.1. The summed E-state index contributed by atoms with van der Waals surface area (Å²) in [6, 6.07) is 9.91. The van der Waals surface area contributed by atoms with Crippen LogP contribution in [0.15, 0.2) is 42.7 Å². The molecule has 0 saturated heterocycles. The van der Waals surface area contributed by atoms with Crippen LogP contribution in [0.5, 0.6) is 0 Å². The van der Waals surface area contributed by atoms with Crippen LogP contribution in [0.1, 0.15) is 19.4 Å². The van der Waals surface area contributed by atoms with Crippen LogP contribution in [-0.2, 0) is 11.3 Å².